The molecule has 1 aromatic carbocycles. The van der Waals surface area contributed by atoms with E-state index in [1.807, 2.05) is 13.8 Å². The highest BCUT2D eigenvalue weighted by atomic mass is 16.6. The fourth-order valence-electron chi connectivity index (χ4n) is 4.62. The van der Waals surface area contributed by atoms with Gasteiger partial charge in [-0.25, -0.2) is 9.48 Å². The van der Waals surface area contributed by atoms with E-state index < -0.39 is 16.9 Å². The highest BCUT2D eigenvalue weighted by Gasteiger charge is 2.45. The number of anilines is 1. The molecule has 0 saturated heterocycles. The first-order valence-corrected chi connectivity index (χ1v) is 10.6. The van der Waals surface area contributed by atoms with Gasteiger partial charge in [0, 0.05) is 29.8 Å². The van der Waals surface area contributed by atoms with Crippen LogP contribution in [0.1, 0.15) is 55.6 Å². The minimum absolute atomic E-state index is 0.0366. The SMILES string of the molecule is C#CCN1C2=C(C(=O)CC(C)(C)C2)C(c2ccc([N+](=O)[O-])cc2)n2ncc(C(=O)OCC)c21. The molecule has 1 aliphatic heterocycles. The molecule has 0 saturated carbocycles. The Bertz CT molecular complexity index is 1220. The summed E-state index contributed by atoms with van der Waals surface area (Å²) in [5.74, 6) is 2.52. The first-order chi connectivity index (χ1) is 15.7. The molecule has 0 radical (unpaired) electrons. The minimum Gasteiger partial charge on any atom is -0.462 e. The number of allylic oxidation sites excluding steroid dienone is 2. The summed E-state index contributed by atoms with van der Waals surface area (Å²) in [5, 5.41) is 15.6. The van der Waals surface area contributed by atoms with E-state index in [0.29, 0.717) is 29.8 Å². The number of hydrogen-bond acceptors (Lipinski definition) is 7. The molecule has 9 heteroatoms. The van der Waals surface area contributed by atoms with Gasteiger partial charge in [0.2, 0.25) is 0 Å². The van der Waals surface area contributed by atoms with Crippen molar-refractivity contribution in [3.8, 4) is 12.3 Å². The van der Waals surface area contributed by atoms with Gasteiger partial charge in [0.25, 0.3) is 5.69 Å². The van der Waals surface area contributed by atoms with Crippen molar-refractivity contribution in [1.82, 2.24) is 9.78 Å². The van der Waals surface area contributed by atoms with Crippen molar-refractivity contribution < 1.29 is 19.2 Å². The van der Waals surface area contributed by atoms with Gasteiger partial charge in [0.05, 0.1) is 24.3 Å². The molecule has 1 aromatic heterocycles. The monoisotopic (exact) mass is 448 g/mol. The van der Waals surface area contributed by atoms with Crippen LogP contribution < -0.4 is 4.90 Å². The summed E-state index contributed by atoms with van der Waals surface area (Å²) in [6, 6.07) is 5.39. The predicted molar refractivity (Wildman–Crippen MR) is 121 cm³/mol. The van der Waals surface area contributed by atoms with Gasteiger partial charge in [0.15, 0.2) is 5.78 Å². The summed E-state index contributed by atoms with van der Waals surface area (Å²) in [5.41, 5.74) is 1.85. The number of nitro benzene ring substituents is 1. The molecule has 0 fully saturated rings. The molecule has 0 bridgehead atoms. The molecule has 9 nitrogen and oxygen atoms in total. The van der Waals surface area contributed by atoms with Gasteiger partial charge in [0.1, 0.15) is 17.4 Å². The summed E-state index contributed by atoms with van der Waals surface area (Å²) in [7, 11) is 0. The molecular weight excluding hydrogens is 424 g/mol. The lowest BCUT2D eigenvalue weighted by atomic mass is 9.72. The highest BCUT2D eigenvalue weighted by Crippen LogP contribution is 2.49. The summed E-state index contributed by atoms with van der Waals surface area (Å²) in [6.07, 6.45) is 8.02. The third-order valence-electron chi connectivity index (χ3n) is 5.93. The Labute approximate surface area is 191 Å². The number of terminal acetylenes is 1. The Kier molecular flexibility index (Phi) is 5.54. The van der Waals surface area contributed by atoms with Crippen molar-refractivity contribution in [2.45, 2.75) is 39.7 Å². The topological polar surface area (TPSA) is 108 Å². The molecule has 0 amide bonds. The van der Waals surface area contributed by atoms with E-state index in [1.54, 1.807) is 28.6 Å². The molecular formula is C24H24N4O5. The zero-order chi connectivity index (χ0) is 23.9. The first kappa shape index (κ1) is 22.3. The maximum Gasteiger partial charge on any atom is 0.343 e. The highest BCUT2D eigenvalue weighted by molar-refractivity contribution is 6.02. The molecule has 1 atom stereocenters. The van der Waals surface area contributed by atoms with Crippen LogP contribution in [0.2, 0.25) is 0 Å². The first-order valence-electron chi connectivity index (χ1n) is 10.6. The average molecular weight is 448 g/mol. The van der Waals surface area contributed by atoms with Gasteiger partial charge in [-0.2, -0.15) is 5.10 Å². The van der Waals surface area contributed by atoms with Crippen molar-refractivity contribution in [3.05, 3.63) is 63.0 Å². The van der Waals surface area contributed by atoms with Crippen LogP contribution in [-0.2, 0) is 9.53 Å². The second-order valence-electron chi connectivity index (χ2n) is 8.89. The molecule has 0 N–H and O–H groups in total. The maximum atomic E-state index is 13.4. The fourth-order valence-corrected chi connectivity index (χ4v) is 4.62. The molecule has 2 heterocycles. The number of nitro groups is 1. The zero-order valence-electron chi connectivity index (χ0n) is 18.7. The largest absolute Gasteiger partial charge is 0.462 e. The summed E-state index contributed by atoms with van der Waals surface area (Å²) < 4.78 is 6.83. The van der Waals surface area contributed by atoms with Crippen LogP contribution in [0.4, 0.5) is 11.5 Å². The lowest BCUT2D eigenvalue weighted by Gasteiger charge is -2.43. The summed E-state index contributed by atoms with van der Waals surface area (Å²) in [6.45, 7) is 6.09. The number of fused-ring (bicyclic) bond motifs is 1. The van der Waals surface area contributed by atoms with Crippen LogP contribution in [0.3, 0.4) is 0 Å². The third kappa shape index (κ3) is 3.78. The molecule has 2 aliphatic rings. The van der Waals surface area contributed by atoms with Crippen LogP contribution in [0, 0.1) is 27.9 Å². The van der Waals surface area contributed by atoms with Crippen LogP contribution in [0.5, 0.6) is 0 Å². The van der Waals surface area contributed by atoms with E-state index in [2.05, 4.69) is 11.0 Å². The number of nitrogens with zero attached hydrogens (tertiary/aromatic N) is 4. The number of carbonyl (C=O) groups is 2. The molecule has 1 aliphatic carbocycles. The minimum atomic E-state index is -0.642. The number of benzene rings is 1. The van der Waals surface area contributed by atoms with E-state index in [1.165, 1.54) is 18.3 Å². The quantitative estimate of drug-likeness (QED) is 0.297. The number of non-ortho nitro benzene ring substituents is 1. The number of rotatable bonds is 5. The standard InChI is InChI=1S/C24H24N4O5/c1-5-11-26-18-12-24(3,4)13-19(29)20(18)21(15-7-9-16(10-8-15)28(31)32)27-22(26)17(14-25-27)23(30)33-6-2/h1,7-10,14,21H,6,11-13H2,2-4H3. The van der Waals surface area contributed by atoms with Gasteiger partial charge in [-0.15, -0.1) is 6.42 Å². The predicted octanol–water partition coefficient (Wildman–Crippen LogP) is 3.65. The smallest absolute Gasteiger partial charge is 0.343 e. The molecule has 4 rings (SSSR count). The van der Waals surface area contributed by atoms with Crippen LogP contribution in [-0.4, -0.2) is 39.6 Å². The number of hydrogen-bond donors (Lipinski definition) is 0. The van der Waals surface area contributed by atoms with Crippen molar-refractivity contribution in [2.75, 3.05) is 18.1 Å². The summed E-state index contributed by atoms with van der Waals surface area (Å²) >= 11 is 0. The van der Waals surface area contributed by atoms with E-state index in [4.69, 9.17) is 11.2 Å². The second kappa shape index (κ2) is 8.20. The molecule has 33 heavy (non-hydrogen) atoms. The number of Topliss-reactive ketones (excluding diaryl/α,β-unsaturated/α-hetero) is 1. The number of ether oxygens (including phenoxy) is 1. The Morgan fingerprint density at radius 2 is 2.03 bits per heavy atom. The number of aromatic nitrogens is 2. The molecule has 2 aromatic rings. The van der Waals surface area contributed by atoms with Gasteiger partial charge in [-0.3, -0.25) is 14.9 Å². The average Bonchev–Trinajstić information content (AvgIpc) is 3.19. The number of esters is 1. The van der Waals surface area contributed by atoms with Crippen LogP contribution in [0.25, 0.3) is 0 Å². The van der Waals surface area contributed by atoms with Crippen molar-refractivity contribution in [3.63, 3.8) is 0 Å². The van der Waals surface area contributed by atoms with Crippen molar-refractivity contribution >= 4 is 23.3 Å². The van der Waals surface area contributed by atoms with E-state index in [-0.39, 0.29) is 35.6 Å². The molecule has 1 unspecified atom stereocenters. The Balaban J connectivity index is 1.97. The lowest BCUT2D eigenvalue weighted by molar-refractivity contribution is -0.384. The molecule has 0 spiro atoms. The molecule has 170 valence electrons. The van der Waals surface area contributed by atoms with Gasteiger partial charge < -0.3 is 9.64 Å². The fraction of sp³-hybridized carbons (Fsp3) is 0.375. The number of carbonyl (C=O) groups excluding carboxylic acids is 2. The maximum absolute atomic E-state index is 13.4. The lowest BCUT2D eigenvalue weighted by Crippen LogP contribution is -2.42. The summed E-state index contributed by atoms with van der Waals surface area (Å²) in [4.78, 5) is 38.6. The third-order valence-corrected chi connectivity index (χ3v) is 5.93. The van der Waals surface area contributed by atoms with Crippen molar-refractivity contribution in [2.24, 2.45) is 5.41 Å². The zero-order valence-corrected chi connectivity index (χ0v) is 18.7. The van der Waals surface area contributed by atoms with Gasteiger partial charge in [-0.05, 0) is 36.5 Å². The van der Waals surface area contributed by atoms with Gasteiger partial charge in [-0.1, -0.05) is 19.8 Å². The normalized spacial score (nSPS) is 18.9. The van der Waals surface area contributed by atoms with E-state index in [0.717, 1.165) is 5.70 Å². The Morgan fingerprint density at radius 1 is 1.33 bits per heavy atom. The Hall–Kier alpha value is -3.93. The van der Waals surface area contributed by atoms with Crippen molar-refractivity contribution in [1.29, 1.82) is 0 Å². The van der Waals surface area contributed by atoms with Gasteiger partial charge >= 0.3 is 5.97 Å². The Morgan fingerprint density at radius 3 is 2.64 bits per heavy atom. The van der Waals surface area contributed by atoms with E-state index >= 15 is 0 Å². The van der Waals surface area contributed by atoms with E-state index in [9.17, 15) is 19.7 Å². The van der Waals surface area contributed by atoms with Crippen LogP contribution >= 0.6 is 0 Å². The second-order valence-corrected chi connectivity index (χ2v) is 8.89. The van der Waals surface area contributed by atoms with Crippen LogP contribution in [0.15, 0.2) is 41.7 Å². The number of ketones is 1.